The number of rotatable bonds is 6. The SMILES string of the molecule is CC[C@@H](C)COC[n+]1ccn(CC)c1. The Bertz CT molecular complexity index is 258. The van der Waals surface area contributed by atoms with Gasteiger partial charge < -0.3 is 4.74 Å². The van der Waals surface area contributed by atoms with E-state index in [1.165, 1.54) is 6.42 Å². The molecule has 0 radical (unpaired) electrons. The highest BCUT2D eigenvalue weighted by Crippen LogP contribution is 1.99. The summed E-state index contributed by atoms with van der Waals surface area (Å²) in [6.07, 6.45) is 7.35. The molecule has 0 fully saturated rings. The van der Waals surface area contributed by atoms with Crippen molar-refractivity contribution in [2.75, 3.05) is 6.61 Å². The van der Waals surface area contributed by atoms with Gasteiger partial charge in [0.2, 0.25) is 6.33 Å². The van der Waals surface area contributed by atoms with Crippen LogP contribution in [0.3, 0.4) is 0 Å². The van der Waals surface area contributed by atoms with Gasteiger partial charge in [0.05, 0.1) is 13.2 Å². The van der Waals surface area contributed by atoms with E-state index in [-0.39, 0.29) is 0 Å². The highest BCUT2D eigenvalue weighted by molar-refractivity contribution is 4.64. The van der Waals surface area contributed by atoms with Gasteiger partial charge in [-0.05, 0) is 12.8 Å². The van der Waals surface area contributed by atoms with Crippen LogP contribution in [0, 0.1) is 5.92 Å². The summed E-state index contributed by atoms with van der Waals surface area (Å²) in [6, 6.07) is 0. The minimum absolute atomic E-state index is 0.656. The third kappa shape index (κ3) is 3.50. The second-order valence-corrected chi connectivity index (χ2v) is 3.77. The summed E-state index contributed by atoms with van der Waals surface area (Å²) in [5, 5.41) is 0. The van der Waals surface area contributed by atoms with Crippen LogP contribution in [0.25, 0.3) is 0 Å². The van der Waals surface area contributed by atoms with E-state index in [0.717, 1.165) is 13.2 Å². The van der Waals surface area contributed by atoms with Gasteiger partial charge in [-0.15, -0.1) is 0 Å². The molecule has 1 aromatic heterocycles. The number of nitrogens with zero attached hydrogens (tertiary/aromatic N) is 2. The van der Waals surface area contributed by atoms with Crippen molar-refractivity contribution >= 4 is 0 Å². The molecule has 0 aliphatic carbocycles. The molecule has 0 saturated carbocycles. The molecule has 14 heavy (non-hydrogen) atoms. The minimum Gasteiger partial charge on any atom is -0.341 e. The Morgan fingerprint density at radius 3 is 2.79 bits per heavy atom. The summed E-state index contributed by atoms with van der Waals surface area (Å²) >= 11 is 0. The van der Waals surface area contributed by atoms with Gasteiger partial charge in [-0.1, -0.05) is 20.3 Å². The maximum absolute atomic E-state index is 5.58. The van der Waals surface area contributed by atoms with Gasteiger partial charge in [0.15, 0.2) is 6.73 Å². The highest BCUT2D eigenvalue weighted by Gasteiger charge is 2.03. The van der Waals surface area contributed by atoms with Crippen molar-refractivity contribution in [1.29, 1.82) is 0 Å². The van der Waals surface area contributed by atoms with Gasteiger partial charge in [0.25, 0.3) is 0 Å². The van der Waals surface area contributed by atoms with Gasteiger partial charge in [-0.25, -0.2) is 9.13 Å². The molecular formula is C11H21N2O+. The Balaban J connectivity index is 2.24. The van der Waals surface area contributed by atoms with Gasteiger partial charge in [0, 0.05) is 0 Å². The molecule has 0 aliphatic rings. The summed E-state index contributed by atoms with van der Waals surface area (Å²) in [7, 11) is 0. The van der Waals surface area contributed by atoms with E-state index in [0.29, 0.717) is 12.6 Å². The molecule has 0 saturated heterocycles. The van der Waals surface area contributed by atoms with E-state index in [2.05, 4.69) is 42.4 Å². The zero-order valence-electron chi connectivity index (χ0n) is 9.44. The van der Waals surface area contributed by atoms with Crippen molar-refractivity contribution in [1.82, 2.24) is 4.57 Å². The first kappa shape index (κ1) is 11.2. The number of imidazole rings is 1. The molecule has 1 atom stereocenters. The molecule has 0 amide bonds. The molecule has 0 aliphatic heterocycles. The number of aryl methyl sites for hydroxylation is 1. The Hall–Kier alpha value is -0.830. The van der Waals surface area contributed by atoms with E-state index in [1.54, 1.807) is 0 Å². The number of hydrogen-bond donors (Lipinski definition) is 0. The lowest BCUT2D eigenvalue weighted by Gasteiger charge is -2.06. The van der Waals surface area contributed by atoms with Crippen LogP contribution >= 0.6 is 0 Å². The molecule has 1 rings (SSSR count). The Labute approximate surface area is 86.3 Å². The van der Waals surface area contributed by atoms with Crippen molar-refractivity contribution < 1.29 is 9.30 Å². The molecular weight excluding hydrogens is 176 g/mol. The summed E-state index contributed by atoms with van der Waals surface area (Å²) in [6.45, 7) is 9.05. The van der Waals surface area contributed by atoms with E-state index in [4.69, 9.17) is 4.74 Å². The lowest BCUT2D eigenvalue weighted by atomic mass is 10.1. The molecule has 0 N–H and O–H groups in total. The fourth-order valence-electron chi connectivity index (χ4n) is 1.18. The van der Waals surface area contributed by atoms with Gasteiger partial charge in [-0.2, -0.15) is 0 Å². The van der Waals surface area contributed by atoms with Crippen LogP contribution in [0.1, 0.15) is 27.2 Å². The molecule has 0 unspecified atom stereocenters. The first-order valence-electron chi connectivity index (χ1n) is 5.38. The number of hydrogen-bond acceptors (Lipinski definition) is 1. The van der Waals surface area contributed by atoms with Gasteiger partial charge >= 0.3 is 0 Å². The fourth-order valence-corrected chi connectivity index (χ4v) is 1.18. The first-order valence-corrected chi connectivity index (χ1v) is 5.38. The first-order chi connectivity index (χ1) is 6.76. The van der Waals surface area contributed by atoms with Crippen LogP contribution in [-0.4, -0.2) is 11.2 Å². The molecule has 1 aromatic rings. The number of ether oxygens (including phenoxy) is 1. The maximum Gasteiger partial charge on any atom is 0.245 e. The topological polar surface area (TPSA) is 18.0 Å². The zero-order chi connectivity index (χ0) is 10.4. The average molecular weight is 197 g/mol. The average Bonchev–Trinajstić information content (AvgIpc) is 2.65. The molecule has 0 aromatic carbocycles. The molecule has 0 spiro atoms. The third-order valence-electron chi connectivity index (χ3n) is 2.45. The minimum atomic E-state index is 0.656. The smallest absolute Gasteiger partial charge is 0.245 e. The predicted molar refractivity (Wildman–Crippen MR) is 55.7 cm³/mol. The lowest BCUT2D eigenvalue weighted by Crippen LogP contribution is -2.33. The van der Waals surface area contributed by atoms with Crippen LogP contribution in [0.4, 0.5) is 0 Å². The van der Waals surface area contributed by atoms with Crippen LogP contribution < -0.4 is 4.57 Å². The van der Waals surface area contributed by atoms with Crippen molar-refractivity contribution in [3.63, 3.8) is 0 Å². The Morgan fingerprint density at radius 1 is 1.43 bits per heavy atom. The summed E-state index contributed by atoms with van der Waals surface area (Å²) in [5.74, 6) is 0.656. The monoisotopic (exact) mass is 197 g/mol. The molecule has 80 valence electrons. The molecule has 1 heterocycles. The quantitative estimate of drug-likeness (QED) is 0.636. The molecule has 0 bridgehead atoms. The maximum atomic E-state index is 5.58. The van der Waals surface area contributed by atoms with Crippen LogP contribution in [0.5, 0.6) is 0 Å². The van der Waals surface area contributed by atoms with Crippen molar-refractivity contribution in [3.8, 4) is 0 Å². The third-order valence-corrected chi connectivity index (χ3v) is 2.45. The van der Waals surface area contributed by atoms with E-state index in [1.807, 2.05) is 6.20 Å². The van der Waals surface area contributed by atoms with E-state index < -0.39 is 0 Å². The largest absolute Gasteiger partial charge is 0.341 e. The van der Waals surface area contributed by atoms with Gasteiger partial charge in [0.1, 0.15) is 12.4 Å². The molecule has 3 nitrogen and oxygen atoms in total. The summed E-state index contributed by atoms with van der Waals surface area (Å²) < 4.78 is 9.77. The Morgan fingerprint density at radius 2 is 2.21 bits per heavy atom. The summed E-state index contributed by atoms with van der Waals surface area (Å²) in [5.41, 5.74) is 0. The van der Waals surface area contributed by atoms with Crippen LogP contribution in [-0.2, 0) is 18.0 Å². The predicted octanol–water partition coefficient (Wildman–Crippen LogP) is 1.82. The van der Waals surface area contributed by atoms with Crippen molar-refractivity contribution in [3.05, 3.63) is 18.7 Å². The van der Waals surface area contributed by atoms with Crippen LogP contribution in [0.2, 0.25) is 0 Å². The lowest BCUT2D eigenvalue weighted by molar-refractivity contribution is -0.732. The van der Waals surface area contributed by atoms with E-state index in [9.17, 15) is 0 Å². The molecule has 3 heteroatoms. The van der Waals surface area contributed by atoms with Gasteiger partial charge in [-0.3, -0.25) is 0 Å². The standard InChI is InChI=1S/C11H21N2O/c1-4-11(3)8-14-10-13-7-6-12(5-2)9-13/h6-7,9,11H,4-5,8,10H2,1-3H3/q+1/t11-/m1/s1. The van der Waals surface area contributed by atoms with Crippen molar-refractivity contribution in [2.24, 2.45) is 5.92 Å². The normalized spacial score (nSPS) is 13.1. The highest BCUT2D eigenvalue weighted by atomic mass is 16.5. The Kier molecular flexibility index (Phi) is 4.66. The summed E-state index contributed by atoms with van der Waals surface area (Å²) in [4.78, 5) is 0. The second kappa shape index (κ2) is 5.81. The van der Waals surface area contributed by atoms with E-state index >= 15 is 0 Å². The van der Waals surface area contributed by atoms with Crippen LogP contribution in [0.15, 0.2) is 18.7 Å². The zero-order valence-corrected chi connectivity index (χ0v) is 9.44. The number of aromatic nitrogens is 2. The second-order valence-electron chi connectivity index (χ2n) is 3.77. The fraction of sp³-hybridized carbons (Fsp3) is 0.727. The van der Waals surface area contributed by atoms with Crippen molar-refractivity contribution in [2.45, 2.75) is 40.5 Å².